The molecule has 1 amide bonds. The van der Waals surface area contributed by atoms with E-state index in [9.17, 15) is 14.7 Å². The lowest BCUT2D eigenvalue weighted by Gasteiger charge is -2.24. The van der Waals surface area contributed by atoms with Gasteiger partial charge in [-0.3, -0.25) is 9.59 Å². The smallest absolute Gasteiger partial charge is 0.307 e. The van der Waals surface area contributed by atoms with Crippen LogP contribution in [0.2, 0.25) is 0 Å². The van der Waals surface area contributed by atoms with E-state index in [2.05, 4.69) is 5.32 Å². The van der Waals surface area contributed by atoms with Gasteiger partial charge in [-0.1, -0.05) is 13.3 Å². The minimum absolute atomic E-state index is 0.159. The molecule has 110 valence electrons. The highest BCUT2D eigenvalue weighted by atomic mass is 16.5. The van der Waals surface area contributed by atoms with Gasteiger partial charge in [0.05, 0.1) is 17.4 Å². The van der Waals surface area contributed by atoms with Crippen LogP contribution in [0.4, 0.5) is 0 Å². The van der Waals surface area contributed by atoms with Crippen LogP contribution in [0.3, 0.4) is 0 Å². The molecule has 1 aliphatic carbocycles. The number of ether oxygens (including phenoxy) is 1. The van der Waals surface area contributed by atoms with Gasteiger partial charge in [0.2, 0.25) is 5.91 Å². The van der Waals surface area contributed by atoms with Crippen LogP contribution in [0, 0.1) is 17.8 Å². The number of amides is 1. The number of methoxy groups -OCH3 is 1. The first-order chi connectivity index (χ1) is 8.80. The monoisotopic (exact) mass is 271 g/mol. The number of hydrogen-bond donors (Lipinski definition) is 2. The molecule has 0 aliphatic heterocycles. The van der Waals surface area contributed by atoms with E-state index in [1.807, 2.05) is 20.8 Å². The van der Waals surface area contributed by atoms with Crippen molar-refractivity contribution in [2.24, 2.45) is 17.8 Å². The summed E-state index contributed by atoms with van der Waals surface area (Å²) in [6.07, 6.45) is 2.21. The van der Waals surface area contributed by atoms with E-state index in [1.54, 1.807) is 7.11 Å². The summed E-state index contributed by atoms with van der Waals surface area (Å²) in [6, 6.07) is 0. The molecular weight excluding hydrogens is 246 g/mol. The zero-order valence-corrected chi connectivity index (χ0v) is 12.2. The third-order valence-electron chi connectivity index (χ3n) is 4.13. The Hall–Kier alpha value is -1.10. The lowest BCUT2D eigenvalue weighted by atomic mass is 9.95. The molecule has 1 saturated carbocycles. The van der Waals surface area contributed by atoms with E-state index in [0.29, 0.717) is 25.3 Å². The predicted octanol–water partition coefficient (Wildman–Crippen LogP) is 1.66. The number of hydrogen-bond acceptors (Lipinski definition) is 3. The summed E-state index contributed by atoms with van der Waals surface area (Å²) in [5.41, 5.74) is -0.433. The predicted molar refractivity (Wildman–Crippen MR) is 71.7 cm³/mol. The van der Waals surface area contributed by atoms with E-state index in [4.69, 9.17) is 4.74 Å². The van der Waals surface area contributed by atoms with Crippen molar-refractivity contribution >= 4 is 11.9 Å². The van der Waals surface area contributed by atoms with Crippen molar-refractivity contribution in [2.75, 3.05) is 13.7 Å². The number of carbonyl (C=O) groups is 2. The summed E-state index contributed by atoms with van der Waals surface area (Å²) in [4.78, 5) is 23.4. The van der Waals surface area contributed by atoms with Gasteiger partial charge in [0.15, 0.2) is 0 Å². The Kier molecular flexibility index (Phi) is 5.35. The lowest BCUT2D eigenvalue weighted by molar-refractivity contribution is -0.146. The maximum Gasteiger partial charge on any atom is 0.307 e. The van der Waals surface area contributed by atoms with Crippen molar-refractivity contribution in [2.45, 2.75) is 45.6 Å². The highest BCUT2D eigenvalue weighted by Gasteiger charge is 2.42. The molecule has 2 N–H and O–H groups in total. The SMILES string of the molecule is CCC1CC(C(=O)O)C(C(=O)NCC(C)(C)OC)C1. The van der Waals surface area contributed by atoms with Crippen molar-refractivity contribution in [3.63, 3.8) is 0 Å². The van der Waals surface area contributed by atoms with Crippen LogP contribution in [-0.2, 0) is 14.3 Å². The Morgan fingerprint density at radius 1 is 1.32 bits per heavy atom. The molecule has 0 aromatic carbocycles. The molecule has 0 aromatic rings. The zero-order valence-electron chi connectivity index (χ0n) is 12.2. The Morgan fingerprint density at radius 3 is 2.37 bits per heavy atom. The molecule has 0 saturated heterocycles. The van der Waals surface area contributed by atoms with Gasteiger partial charge in [0, 0.05) is 13.7 Å². The normalized spacial score (nSPS) is 27.3. The number of nitrogens with one attached hydrogen (secondary N) is 1. The van der Waals surface area contributed by atoms with E-state index in [0.717, 1.165) is 6.42 Å². The molecule has 1 rings (SSSR count). The third kappa shape index (κ3) is 4.20. The molecule has 0 aromatic heterocycles. The van der Waals surface area contributed by atoms with Crippen molar-refractivity contribution in [3.05, 3.63) is 0 Å². The van der Waals surface area contributed by atoms with E-state index in [-0.39, 0.29) is 5.91 Å². The molecule has 0 radical (unpaired) electrons. The number of carboxylic acid groups (broad SMARTS) is 1. The summed E-state index contributed by atoms with van der Waals surface area (Å²) in [7, 11) is 1.59. The van der Waals surface area contributed by atoms with Crippen molar-refractivity contribution in [1.82, 2.24) is 5.32 Å². The highest BCUT2D eigenvalue weighted by Crippen LogP contribution is 2.38. The molecule has 5 nitrogen and oxygen atoms in total. The summed E-state index contributed by atoms with van der Waals surface area (Å²) >= 11 is 0. The molecule has 19 heavy (non-hydrogen) atoms. The first-order valence-electron chi connectivity index (χ1n) is 6.86. The minimum Gasteiger partial charge on any atom is -0.481 e. The fourth-order valence-electron chi connectivity index (χ4n) is 2.54. The second kappa shape index (κ2) is 6.37. The minimum atomic E-state index is -0.859. The first kappa shape index (κ1) is 16.0. The largest absolute Gasteiger partial charge is 0.481 e. The fraction of sp³-hybridized carbons (Fsp3) is 0.857. The van der Waals surface area contributed by atoms with E-state index >= 15 is 0 Å². The summed E-state index contributed by atoms with van der Waals surface area (Å²) < 4.78 is 5.24. The van der Waals surface area contributed by atoms with Crippen LogP contribution in [0.15, 0.2) is 0 Å². The highest BCUT2D eigenvalue weighted by molar-refractivity contribution is 5.85. The lowest BCUT2D eigenvalue weighted by Crippen LogP contribution is -2.43. The standard InChI is InChI=1S/C14H25NO4/c1-5-9-6-10(11(7-9)13(17)18)12(16)15-8-14(2,3)19-4/h9-11H,5-8H2,1-4H3,(H,15,16)(H,17,18). The van der Waals surface area contributed by atoms with Crippen molar-refractivity contribution in [1.29, 1.82) is 0 Å². The van der Waals surface area contributed by atoms with Crippen LogP contribution in [0.25, 0.3) is 0 Å². The van der Waals surface area contributed by atoms with Gasteiger partial charge in [0.25, 0.3) is 0 Å². The Bertz CT molecular complexity index is 340. The van der Waals surface area contributed by atoms with Gasteiger partial charge in [-0.15, -0.1) is 0 Å². The number of rotatable bonds is 6. The van der Waals surface area contributed by atoms with Crippen LogP contribution in [0.1, 0.15) is 40.0 Å². The molecule has 1 fully saturated rings. The Balaban J connectivity index is 2.62. The first-order valence-corrected chi connectivity index (χ1v) is 6.86. The van der Waals surface area contributed by atoms with E-state index in [1.165, 1.54) is 0 Å². The third-order valence-corrected chi connectivity index (χ3v) is 4.13. The maximum atomic E-state index is 12.2. The molecule has 0 heterocycles. The van der Waals surface area contributed by atoms with Gasteiger partial charge >= 0.3 is 5.97 Å². The zero-order chi connectivity index (χ0) is 14.6. The van der Waals surface area contributed by atoms with Gasteiger partial charge < -0.3 is 15.2 Å². The Morgan fingerprint density at radius 2 is 1.89 bits per heavy atom. The molecular formula is C14H25NO4. The topological polar surface area (TPSA) is 75.6 Å². The van der Waals surface area contributed by atoms with Crippen LogP contribution in [0.5, 0.6) is 0 Å². The van der Waals surface area contributed by atoms with Crippen molar-refractivity contribution < 1.29 is 19.4 Å². The van der Waals surface area contributed by atoms with Gasteiger partial charge in [0.1, 0.15) is 0 Å². The number of carboxylic acids is 1. The van der Waals surface area contributed by atoms with Crippen LogP contribution in [-0.4, -0.2) is 36.2 Å². The molecule has 1 aliphatic rings. The summed E-state index contributed by atoms with van der Waals surface area (Å²) in [5, 5.41) is 12.0. The Labute approximate surface area is 114 Å². The maximum absolute atomic E-state index is 12.2. The van der Waals surface area contributed by atoms with Crippen LogP contribution < -0.4 is 5.32 Å². The van der Waals surface area contributed by atoms with Crippen molar-refractivity contribution in [3.8, 4) is 0 Å². The second-order valence-corrected chi connectivity index (χ2v) is 5.98. The molecule has 5 heteroatoms. The molecule has 0 spiro atoms. The molecule has 3 atom stereocenters. The second-order valence-electron chi connectivity index (χ2n) is 5.98. The molecule has 0 bridgehead atoms. The number of carbonyl (C=O) groups excluding carboxylic acids is 1. The quantitative estimate of drug-likeness (QED) is 0.770. The van der Waals surface area contributed by atoms with Gasteiger partial charge in [-0.25, -0.2) is 0 Å². The average molecular weight is 271 g/mol. The summed E-state index contributed by atoms with van der Waals surface area (Å²) in [5.74, 6) is -1.63. The van der Waals surface area contributed by atoms with Crippen LogP contribution >= 0.6 is 0 Å². The van der Waals surface area contributed by atoms with Gasteiger partial charge in [-0.05, 0) is 32.6 Å². The number of aliphatic carboxylic acids is 1. The fourth-order valence-corrected chi connectivity index (χ4v) is 2.54. The molecule has 3 unspecified atom stereocenters. The van der Waals surface area contributed by atoms with E-state index < -0.39 is 23.4 Å². The average Bonchev–Trinajstić information content (AvgIpc) is 2.80. The summed E-state index contributed by atoms with van der Waals surface area (Å²) in [6.45, 7) is 6.19. The van der Waals surface area contributed by atoms with Gasteiger partial charge in [-0.2, -0.15) is 0 Å².